The van der Waals surface area contributed by atoms with Crippen molar-refractivity contribution in [3.8, 4) is 0 Å². The molecule has 0 fully saturated rings. The van der Waals surface area contributed by atoms with Gasteiger partial charge in [0.2, 0.25) is 13.6 Å². The second kappa shape index (κ2) is 13.1. The van der Waals surface area contributed by atoms with Crippen LogP contribution in [0, 0.1) is 5.92 Å². The number of benzene rings is 2. The fraction of sp³-hybridized carbons (Fsp3) is 0.292. The van der Waals surface area contributed by atoms with Gasteiger partial charge >= 0.3 is 29.2 Å². The molecule has 11 heteroatoms. The lowest BCUT2D eigenvalue weighted by molar-refractivity contribution is -0.158. The van der Waals surface area contributed by atoms with E-state index < -0.39 is 59.9 Å². The van der Waals surface area contributed by atoms with Crippen LogP contribution in [0.4, 0.5) is 4.79 Å². The molecular weight excluding hydrogens is 480 g/mol. The number of thioether (sulfide) groups is 1. The molecule has 0 saturated carbocycles. The maximum Gasteiger partial charge on any atom is 0.370 e. The fourth-order valence-electron chi connectivity index (χ4n) is 2.77. The van der Waals surface area contributed by atoms with Crippen LogP contribution in [0.3, 0.4) is 0 Å². The summed E-state index contributed by atoms with van der Waals surface area (Å²) in [6.45, 7) is 1.52. The van der Waals surface area contributed by atoms with Gasteiger partial charge in [0.05, 0.1) is 23.5 Å². The number of hydrogen-bond donors (Lipinski definition) is 1. The van der Waals surface area contributed by atoms with Gasteiger partial charge in [0.15, 0.2) is 0 Å². The first kappa shape index (κ1) is 27.4. The highest BCUT2D eigenvalue weighted by molar-refractivity contribution is 8.14. The molecule has 0 saturated heterocycles. The summed E-state index contributed by atoms with van der Waals surface area (Å²) in [6, 6.07) is 16.1. The van der Waals surface area contributed by atoms with Crippen molar-refractivity contribution in [1.82, 2.24) is 0 Å². The second-order valence-electron chi connectivity index (χ2n) is 7.54. The van der Waals surface area contributed by atoms with Gasteiger partial charge in [0.1, 0.15) is 0 Å². The molecule has 2 aromatic rings. The van der Waals surface area contributed by atoms with Crippen LogP contribution in [0.5, 0.6) is 0 Å². The van der Waals surface area contributed by atoms with E-state index in [4.69, 9.17) is 18.9 Å². The normalized spacial score (nSPS) is 11.6. The van der Waals surface area contributed by atoms with Crippen molar-refractivity contribution in [1.29, 1.82) is 0 Å². The minimum absolute atomic E-state index is 0.262. The van der Waals surface area contributed by atoms with E-state index in [1.165, 1.54) is 38.1 Å². The van der Waals surface area contributed by atoms with Crippen molar-refractivity contribution in [2.45, 2.75) is 25.0 Å². The molecule has 0 spiro atoms. The summed E-state index contributed by atoms with van der Waals surface area (Å²) in [5.41, 5.74) is 0.535. The number of ether oxygens (including phenoxy) is 4. The standard InChI is InChI=1S/C24H24O10S/c1-24(2,35-23(30)34-15-33-22(29)17-11-7-4-8-12-17)18(20(26)27)13-19(25)31-14-32-21(28)16-9-5-3-6-10-16/h3-12,18H,13-15H2,1-2H3,(H,26,27)/t18-/m0/s1. The highest BCUT2D eigenvalue weighted by Crippen LogP contribution is 2.36. The Kier molecular flexibility index (Phi) is 10.3. The van der Waals surface area contributed by atoms with E-state index in [2.05, 4.69) is 0 Å². The van der Waals surface area contributed by atoms with Crippen LogP contribution in [0.15, 0.2) is 60.7 Å². The molecule has 0 radical (unpaired) electrons. The molecule has 1 N–H and O–H groups in total. The number of aliphatic carboxylic acids is 1. The zero-order valence-electron chi connectivity index (χ0n) is 19.0. The third-order valence-electron chi connectivity index (χ3n) is 4.65. The van der Waals surface area contributed by atoms with Crippen LogP contribution >= 0.6 is 11.8 Å². The van der Waals surface area contributed by atoms with Gasteiger partial charge in [-0.1, -0.05) is 36.4 Å². The van der Waals surface area contributed by atoms with Crippen molar-refractivity contribution in [2.24, 2.45) is 5.92 Å². The van der Waals surface area contributed by atoms with E-state index in [9.17, 15) is 29.1 Å². The molecule has 0 unspecified atom stereocenters. The number of carbonyl (C=O) groups excluding carboxylic acids is 4. The highest BCUT2D eigenvalue weighted by atomic mass is 32.2. The van der Waals surface area contributed by atoms with Crippen LogP contribution in [0.2, 0.25) is 0 Å². The monoisotopic (exact) mass is 504 g/mol. The fourth-order valence-corrected chi connectivity index (χ4v) is 3.63. The van der Waals surface area contributed by atoms with Crippen LogP contribution in [-0.4, -0.2) is 52.6 Å². The van der Waals surface area contributed by atoms with Gasteiger partial charge in [-0.15, -0.1) is 0 Å². The number of carboxylic acid groups (broad SMARTS) is 1. The Hall–Kier alpha value is -3.86. The van der Waals surface area contributed by atoms with Crippen LogP contribution in [0.1, 0.15) is 41.0 Å². The largest absolute Gasteiger partial charge is 0.481 e. The number of carboxylic acids is 1. The summed E-state index contributed by atoms with van der Waals surface area (Å²) >= 11 is 0.527. The van der Waals surface area contributed by atoms with E-state index in [1.54, 1.807) is 36.4 Å². The number of hydrogen-bond acceptors (Lipinski definition) is 10. The van der Waals surface area contributed by atoms with E-state index in [0.29, 0.717) is 11.8 Å². The first-order valence-corrected chi connectivity index (χ1v) is 11.1. The van der Waals surface area contributed by atoms with E-state index in [0.717, 1.165) is 0 Å². The van der Waals surface area contributed by atoms with Crippen molar-refractivity contribution >= 4 is 40.9 Å². The lowest BCUT2D eigenvalue weighted by atomic mass is 9.92. The molecule has 10 nitrogen and oxygen atoms in total. The van der Waals surface area contributed by atoms with Gasteiger partial charge in [-0.25, -0.2) is 14.4 Å². The third kappa shape index (κ3) is 9.13. The maximum atomic E-state index is 12.2. The number of rotatable bonds is 11. The summed E-state index contributed by atoms with van der Waals surface area (Å²) in [6.07, 6.45) is -0.589. The van der Waals surface area contributed by atoms with Crippen molar-refractivity contribution in [2.75, 3.05) is 13.6 Å². The molecule has 2 rings (SSSR count). The van der Waals surface area contributed by atoms with Crippen molar-refractivity contribution in [3.63, 3.8) is 0 Å². The van der Waals surface area contributed by atoms with E-state index in [1.807, 2.05) is 0 Å². The summed E-state index contributed by atoms with van der Waals surface area (Å²) in [5, 5.41) is 8.68. The Balaban J connectivity index is 1.80. The molecule has 1 atom stereocenters. The molecule has 0 aromatic heterocycles. The zero-order chi connectivity index (χ0) is 25.8. The molecule has 186 valence electrons. The predicted molar refractivity (Wildman–Crippen MR) is 123 cm³/mol. The molecular formula is C24H24O10S. The zero-order valence-corrected chi connectivity index (χ0v) is 19.8. The van der Waals surface area contributed by atoms with Gasteiger partial charge in [0, 0.05) is 4.75 Å². The van der Waals surface area contributed by atoms with Gasteiger partial charge in [-0.05, 0) is 49.9 Å². The molecule has 0 aliphatic heterocycles. The minimum atomic E-state index is -1.34. The topological polar surface area (TPSA) is 142 Å². The van der Waals surface area contributed by atoms with Gasteiger partial charge < -0.3 is 24.1 Å². The van der Waals surface area contributed by atoms with Crippen molar-refractivity contribution < 1.29 is 48.0 Å². The summed E-state index contributed by atoms with van der Waals surface area (Å²) < 4.78 is 18.1. The molecule has 0 aliphatic carbocycles. The second-order valence-corrected chi connectivity index (χ2v) is 9.13. The quantitative estimate of drug-likeness (QED) is 0.351. The Morgan fingerprint density at radius 2 is 1.23 bits per heavy atom. The van der Waals surface area contributed by atoms with Gasteiger partial charge in [-0.3, -0.25) is 9.59 Å². The minimum Gasteiger partial charge on any atom is -0.481 e. The molecule has 35 heavy (non-hydrogen) atoms. The summed E-state index contributed by atoms with van der Waals surface area (Å²) in [7, 11) is 0. The Morgan fingerprint density at radius 1 is 0.771 bits per heavy atom. The molecule has 0 bridgehead atoms. The smallest absolute Gasteiger partial charge is 0.370 e. The van der Waals surface area contributed by atoms with E-state index in [-0.39, 0.29) is 11.1 Å². The first-order chi connectivity index (χ1) is 16.6. The van der Waals surface area contributed by atoms with Gasteiger partial charge in [0.25, 0.3) is 0 Å². The van der Waals surface area contributed by atoms with Crippen LogP contribution in [-0.2, 0) is 28.5 Å². The van der Waals surface area contributed by atoms with Crippen LogP contribution in [0.25, 0.3) is 0 Å². The van der Waals surface area contributed by atoms with E-state index >= 15 is 0 Å². The van der Waals surface area contributed by atoms with Crippen LogP contribution < -0.4 is 0 Å². The SMILES string of the molecule is CC(C)(SC(=O)OCOC(=O)c1ccccc1)[C@@H](CC(=O)OCOC(=O)c1ccccc1)C(=O)O. The Labute approximate surface area is 205 Å². The third-order valence-corrected chi connectivity index (χ3v) is 5.75. The lowest BCUT2D eigenvalue weighted by Crippen LogP contribution is -2.37. The first-order valence-electron chi connectivity index (χ1n) is 10.3. The average Bonchev–Trinajstić information content (AvgIpc) is 2.82. The Bertz CT molecular complexity index is 1040. The number of esters is 3. The lowest BCUT2D eigenvalue weighted by Gasteiger charge is -2.28. The Morgan fingerprint density at radius 3 is 1.69 bits per heavy atom. The molecule has 0 aliphatic rings. The summed E-state index contributed by atoms with van der Waals surface area (Å²) in [5.74, 6) is -5.02. The predicted octanol–water partition coefficient (Wildman–Crippen LogP) is 3.90. The summed E-state index contributed by atoms with van der Waals surface area (Å²) in [4.78, 5) is 59.8. The highest BCUT2D eigenvalue weighted by Gasteiger charge is 2.40. The number of carbonyl (C=O) groups is 5. The van der Waals surface area contributed by atoms with Crippen molar-refractivity contribution in [3.05, 3.63) is 71.8 Å². The average molecular weight is 505 g/mol. The maximum absolute atomic E-state index is 12.2. The molecule has 0 amide bonds. The molecule has 0 heterocycles. The van der Waals surface area contributed by atoms with Gasteiger partial charge in [-0.2, -0.15) is 0 Å². The molecule has 2 aromatic carbocycles.